The van der Waals surface area contributed by atoms with Gasteiger partial charge in [-0.2, -0.15) is 13.2 Å². The molecule has 0 bridgehead atoms. The van der Waals surface area contributed by atoms with E-state index in [0.717, 1.165) is 6.07 Å². The van der Waals surface area contributed by atoms with Crippen LogP contribution in [0, 0.1) is 6.92 Å². The molecule has 0 heterocycles. The van der Waals surface area contributed by atoms with Gasteiger partial charge in [-0.25, -0.2) is 13.1 Å². The summed E-state index contributed by atoms with van der Waals surface area (Å²) in [5, 5.41) is 2.55. The molecule has 1 aromatic carbocycles. The van der Waals surface area contributed by atoms with E-state index in [1.807, 2.05) is 0 Å². The van der Waals surface area contributed by atoms with E-state index in [0.29, 0.717) is 18.5 Å². The Morgan fingerprint density at radius 2 is 1.73 bits per heavy atom. The van der Waals surface area contributed by atoms with Crippen molar-refractivity contribution in [2.75, 3.05) is 11.9 Å². The Morgan fingerprint density at radius 1 is 1.12 bits per heavy atom. The molecule has 1 rings (SSSR count). The fraction of sp³-hybridized carbons (Fsp3) is 0.588. The summed E-state index contributed by atoms with van der Waals surface area (Å²) in [7, 11) is -3.41. The SMILES string of the molecule is Cc1cc(NC(=O)CCCCNS(=O)(=O)C(C)(C)C)ccc1C(F)(F)F. The fourth-order valence-corrected chi connectivity index (χ4v) is 2.96. The van der Waals surface area contributed by atoms with Gasteiger partial charge in [-0.1, -0.05) is 0 Å². The Balaban J connectivity index is 2.43. The molecular weight excluding hydrogens is 369 g/mol. The third kappa shape index (κ3) is 6.60. The molecule has 1 amide bonds. The van der Waals surface area contributed by atoms with Gasteiger partial charge >= 0.3 is 6.18 Å². The summed E-state index contributed by atoms with van der Waals surface area (Å²) >= 11 is 0. The van der Waals surface area contributed by atoms with E-state index >= 15 is 0 Å². The largest absolute Gasteiger partial charge is 0.416 e. The van der Waals surface area contributed by atoms with E-state index in [2.05, 4.69) is 10.0 Å². The second-order valence-electron chi connectivity index (χ2n) is 7.04. The van der Waals surface area contributed by atoms with Crippen LogP contribution in [-0.2, 0) is 21.0 Å². The Hall–Kier alpha value is -1.61. The number of aryl methyl sites for hydroxylation is 1. The molecule has 0 aliphatic rings. The molecule has 0 aromatic heterocycles. The maximum Gasteiger partial charge on any atom is 0.416 e. The summed E-state index contributed by atoms with van der Waals surface area (Å²) in [6.07, 6.45) is -3.34. The lowest BCUT2D eigenvalue weighted by atomic mass is 10.1. The van der Waals surface area contributed by atoms with E-state index in [9.17, 15) is 26.4 Å². The zero-order valence-electron chi connectivity index (χ0n) is 15.3. The molecule has 0 fully saturated rings. The molecule has 26 heavy (non-hydrogen) atoms. The van der Waals surface area contributed by atoms with Gasteiger partial charge in [0.1, 0.15) is 0 Å². The van der Waals surface area contributed by atoms with Gasteiger partial charge in [0, 0.05) is 18.7 Å². The normalized spacial score (nSPS) is 12.9. The standard InChI is InChI=1S/C17H25F3N2O3S/c1-12-11-13(8-9-14(12)17(18,19)20)22-15(23)7-5-6-10-21-26(24,25)16(2,3)4/h8-9,11,21H,5-7,10H2,1-4H3,(H,22,23). The first kappa shape index (κ1) is 22.4. The van der Waals surface area contributed by atoms with Crippen LogP contribution in [-0.4, -0.2) is 25.6 Å². The van der Waals surface area contributed by atoms with Crippen molar-refractivity contribution in [3.63, 3.8) is 0 Å². The van der Waals surface area contributed by atoms with E-state index in [4.69, 9.17) is 0 Å². The predicted octanol–water partition coefficient (Wildman–Crippen LogP) is 3.84. The lowest BCUT2D eigenvalue weighted by molar-refractivity contribution is -0.138. The minimum absolute atomic E-state index is 0.0342. The van der Waals surface area contributed by atoms with Crippen LogP contribution in [0.5, 0.6) is 0 Å². The highest BCUT2D eigenvalue weighted by Crippen LogP contribution is 2.32. The highest BCUT2D eigenvalue weighted by atomic mass is 32.2. The molecule has 0 unspecified atom stereocenters. The summed E-state index contributed by atoms with van der Waals surface area (Å²) in [4.78, 5) is 11.9. The average Bonchev–Trinajstić information content (AvgIpc) is 2.44. The number of carbonyl (C=O) groups is 1. The second kappa shape index (κ2) is 8.39. The summed E-state index contributed by atoms with van der Waals surface area (Å²) in [6, 6.07) is 3.43. The summed E-state index contributed by atoms with van der Waals surface area (Å²) < 4.78 is 63.4. The van der Waals surface area contributed by atoms with Crippen molar-refractivity contribution >= 4 is 21.6 Å². The molecule has 0 saturated heterocycles. The van der Waals surface area contributed by atoms with Crippen LogP contribution in [0.1, 0.15) is 51.2 Å². The molecule has 9 heteroatoms. The Labute approximate surface area is 152 Å². The van der Waals surface area contributed by atoms with Gasteiger partial charge in [-0.15, -0.1) is 0 Å². The monoisotopic (exact) mass is 394 g/mol. The van der Waals surface area contributed by atoms with Gasteiger partial charge in [0.2, 0.25) is 15.9 Å². The summed E-state index contributed by atoms with van der Waals surface area (Å²) in [6.45, 7) is 6.34. The van der Waals surface area contributed by atoms with E-state index < -0.39 is 26.5 Å². The van der Waals surface area contributed by atoms with Crippen LogP contribution < -0.4 is 10.0 Å². The Morgan fingerprint density at radius 3 is 2.23 bits per heavy atom. The van der Waals surface area contributed by atoms with Crippen LogP contribution in [0.3, 0.4) is 0 Å². The molecule has 0 saturated carbocycles. The van der Waals surface area contributed by atoms with E-state index in [-0.39, 0.29) is 24.4 Å². The number of benzene rings is 1. The minimum atomic E-state index is -4.42. The number of rotatable bonds is 7. The number of halogens is 3. The zero-order chi connectivity index (χ0) is 20.2. The summed E-state index contributed by atoms with van der Waals surface area (Å²) in [5.41, 5.74) is -0.401. The molecule has 0 aliphatic heterocycles. The highest BCUT2D eigenvalue weighted by molar-refractivity contribution is 7.90. The average molecular weight is 394 g/mol. The third-order valence-corrected chi connectivity index (χ3v) is 5.94. The third-order valence-electron chi connectivity index (χ3n) is 3.74. The molecule has 1 aromatic rings. The maximum atomic E-state index is 12.7. The van der Waals surface area contributed by atoms with Crippen LogP contribution in [0.25, 0.3) is 0 Å². The quantitative estimate of drug-likeness (QED) is 0.690. The van der Waals surface area contributed by atoms with Gasteiger partial charge in [0.05, 0.1) is 10.3 Å². The number of hydrogen-bond donors (Lipinski definition) is 2. The molecule has 0 radical (unpaired) electrons. The van der Waals surface area contributed by atoms with Crippen molar-refractivity contribution in [3.8, 4) is 0 Å². The minimum Gasteiger partial charge on any atom is -0.326 e. The first-order valence-corrected chi connectivity index (χ1v) is 9.69. The number of amides is 1. The van der Waals surface area contributed by atoms with E-state index in [1.54, 1.807) is 20.8 Å². The Kier molecular flexibility index (Phi) is 7.24. The number of anilines is 1. The number of hydrogen-bond acceptors (Lipinski definition) is 3. The Bertz CT molecular complexity index is 739. The fourth-order valence-electron chi connectivity index (χ4n) is 2.12. The van der Waals surface area contributed by atoms with Crippen molar-refractivity contribution in [3.05, 3.63) is 29.3 Å². The van der Waals surface area contributed by atoms with Crippen LogP contribution in [0.2, 0.25) is 0 Å². The van der Waals surface area contributed by atoms with Gasteiger partial charge < -0.3 is 5.32 Å². The number of carbonyl (C=O) groups excluding carboxylic acids is 1. The van der Waals surface area contributed by atoms with E-state index in [1.165, 1.54) is 19.1 Å². The van der Waals surface area contributed by atoms with Crippen molar-refractivity contribution in [2.24, 2.45) is 0 Å². The lowest BCUT2D eigenvalue weighted by Gasteiger charge is -2.19. The van der Waals surface area contributed by atoms with Crippen LogP contribution in [0.4, 0.5) is 18.9 Å². The van der Waals surface area contributed by atoms with Gasteiger partial charge in [0.15, 0.2) is 0 Å². The summed E-state index contributed by atoms with van der Waals surface area (Å²) in [5.74, 6) is -0.331. The first-order chi connectivity index (χ1) is 11.7. The first-order valence-electron chi connectivity index (χ1n) is 8.21. The van der Waals surface area contributed by atoms with Crippen molar-refractivity contribution < 1.29 is 26.4 Å². The molecule has 0 atom stereocenters. The van der Waals surface area contributed by atoms with Gasteiger partial charge in [-0.05, 0) is 64.3 Å². The molecule has 2 N–H and O–H groups in total. The number of sulfonamides is 1. The van der Waals surface area contributed by atoms with Crippen molar-refractivity contribution in [1.82, 2.24) is 4.72 Å². The van der Waals surface area contributed by atoms with Crippen LogP contribution in [0.15, 0.2) is 18.2 Å². The molecular formula is C17H25F3N2O3S. The van der Waals surface area contributed by atoms with Crippen molar-refractivity contribution in [1.29, 1.82) is 0 Å². The maximum absolute atomic E-state index is 12.7. The van der Waals surface area contributed by atoms with Crippen LogP contribution >= 0.6 is 0 Å². The highest BCUT2D eigenvalue weighted by Gasteiger charge is 2.32. The topological polar surface area (TPSA) is 75.3 Å². The lowest BCUT2D eigenvalue weighted by Crippen LogP contribution is -2.39. The zero-order valence-corrected chi connectivity index (χ0v) is 16.1. The number of unbranched alkanes of at least 4 members (excludes halogenated alkanes) is 1. The van der Waals surface area contributed by atoms with Gasteiger partial charge in [0.25, 0.3) is 0 Å². The molecule has 148 valence electrons. The molecule has 5 nitrogen and oxygen atoms in total. The smallest absolute Gasteiger partial charge is 0.326 e. The van der Waals surface area contributed by atoms with Crippen molar-refractivity contribution in [2.45, 2.75) is 57.9 Å². The van der Waals surface area contributed by atoms with Gasteiger partial charge in [-0.3, -0.25) is 4.79 Å². The number of nitrogens with one attached hydrogen (secondary N) is 2. The molecule has 0 spiro atoms. The predicted molar refractivity (Wildman–Crippen MR) is 95.3 cm³/mol. The second-order valence-corrected chi connectivity index (χ2v) is 9.56. The number of alkyl halides is 3. The molecule has 0 aliphatic carbocycles.